The van der Waals surface area contributed by atoms with Crippen molar-refractivity contribution in [1.82, 2.24) is 15.5 Å². The number of carbonyl (C=O) groups excluding carboxylic acids is 2. The highest BCUT2D eigenvalue weighted by Gasteiger charge is 2.41. The molecule has 2 atom stereocenters. The van der Waals surface area contributed by atoms with Crippen molar-refractivity contribution < 1.29 is 35.9 Å². The van der Waals surface area contributed by atoms with E-state index in [0.29, 0.717) is 23.1 Å². The summed E-state index contributed by atoms with van der Waals surface area (Å²) in [4.78, 5) is 25.2. The van der Waals surface area contributed by atoms with Gasteiger partial charge in [-0.25, -0.2) is 18.0 Å². The van der Waals surface area contributed by atoms with Gasteiger partial charge in [0, 0.05) is 18.2 Å². The number of likely N-dealkylation sites (tertiary alicyclic amines) is 1. The number of halogens is 6. The SMILES string of the molecule is O=C(NC1CC1)N[C@@H]1CC[C@@H](C(F)F)N(Cc2cc(C(F)(F)F)ccc2F)C1=O. The van der Waals surface area contributed by atoms with E-state index in [1.54, 1.807) is 0 Å². The second-order valence-corrected chi connectivity index (χ2v) is 7.19. The van der Waals surface area contributed by atoms with Gasteiger partial charge in [-0.15, -0.1) is 0 Å². The van der Waals surface area contributed by atoms with E-state index in [1.165, 1.54) is 0 Å². The molecule has 2 aliphatic rings. The molecule has 29 heavy (non-hydrogen) atoms. The normalized spacial score (nSPS) is 22.7. The van der Waals surface area contributed by atoms with Gasteiger partial charge >= 0.3 is 12.2 Å². The Balaban J connectivity index is 1.79. The van der Waals surface area contributed by atoms with Crippen molar-refractivity contribution in [2.45, 2.75) is 63.0 Å². The maximum atomic E-state index is 14.1. The molecule has 1 aliphatic carbocycles. The zero-order chi connectivity index (χ0) is 21.3. The molecule has 0 bridgehead atoms. The zero-order valence-corrected chi connectivity index (χ0v) is 15.1. The number of carbonyl (C=O) groups is 2. The maximum absolute atomic E-state index is 14.1. The van der Waals surface area contributed by atoms with Crippen molar-refractivity contribution in [3.63, 3.8) is 0 Å². The lowest BCUT2D eigenvalue weighted by molar-refractivity contribution is -0.144. The Kier molecular flexibility index (Phi) is 5.95. The minimum absolute atomic E-state index is 0.0119. The molecule has 1 saturated heterocycles. The Morgan fingerprint density at radius 2 is 1.83 bits per heavy atom. The molecule has 0 radical (unpaired) electrons. The first-order valence-electron chi connectivity index (χ1n) is 9.07. The molecule has 2 N–H and O–H groups in total. The van der Waals surface area contributed by atoms with Gasteiger partial charge in [0.05, 0.1) is 11.6 Å². The molecule has 0 aromatic heterocycles. The highest BCUT2D eigenvalue weighted by molar-refractivity contribution is 5.88. The molecule has 3 rings (SSSR count). The molecule has 0 spiro atoms. The standard InChI is InChI=1S/C18H19F6N3O2/c19-12-4-1-10(18(22,23)24)7-9(12)8-27-14(15(20)21)6-5-13(16(27)28)26-17(29)25-11-2-3-11/h1,4,7,11,13-15H,2-3,5-6,8H2,(H2,25,26,29)/t13-,14+/m1/s1. The minimum atomic E-state index is -4.75. The number of hydrogen-bond donors (Lipinski definition) is 2. The van der Waals surface area contributed by atoms with Gasteiger partial charge in [0.2, 0.25) is 5.91 Å². The highest BCUT2D eigenvalue weighted by atomic mass is 19.4. The van der Waals surface area contributed by atoms with Gasteiger partial charge in [-0.2, -0.15) is 13.2 Å². The van der Waals surface area contributed by atoms with Gasteiger partial charge in [-0.1, -0.05) is 0 Å². The quantitative estimate of drug-likeness (QED) is 0.713. The number of amides is 3. The molecule has 0 unspecified atom stereocenters. The van der Waals surface area contributed by atoms with E-state index in [9.17, 15) is 35.9 Å². The van der Waals surface area contributed by atoms with Crippen molar-refractivity contribution in [2.24, 2.45) is 0 Å². The van der Waals surface area contributed by atoms with E-state index in [-0.39, 0.29) is 18.9 Å². The van der Waals surface area contributed by atoms with E-state index < -0.39 is 60.1 Å². The zero-order valence-electron chi connectivity index (χ0n) is 15.1. The number of urea groups is 1. The van der Waals surface area contributed by atoms with E-state index in [0.717, 1.165) is 12.8 Å². The molecule has 2 fully saturated rings. The average Bonchev–Trinajstić information content (AvgIpc) is 3.42. The summed E-state index contributed by atoms with van der Waals surface area (Å²) >= 11 is 0. The Hall–Kier alpha value is -2.46. The largest absolute Gasteiger partial charge is 0.416 e. The smallest absolute Gasteiger partial charge is 0.335 e. The number of hydrogen-bond acceptors (Lipinski definition) is 2. The van der Waals surface area contributed by atoms with Crippen LogP contribution in [0.2, 0.25) is 0 Å². The molecule has 1 aliphatic heterocycles. The summed E-state index contributed by atoms with van der Waals surface area (Å²) in [6.07, 6.45) is -6.33. The van der Waals surface area contributed by atoms with E-state index in [4.69, 9.17) is 0 Å². The van der Waals surface area contributed by atoms with Crippen molar-refractivity contribution in [3.05, 3.63) is 35.1 Å². The topological polar surface area (TPSA) is 61.4 Å². The summed E-state index contributed by atoms with van der Waals surface area (Å²) in [6.45, 7) is -0.758. The molecule has 1 aromatic rings. The van der Waals surface area contributed by atoms with Crippen molar-refractivity contribution in [3.8, 4) is 0 Å². The second kappa shape index (κ2) is 8.11. The third-order valence-electron chi connectivity index (χ3n) is 4.96. The summed E-state index contributed by atoms with van der Waals surface area (Å²) in [6, 6.07) is -1.68. The summed E-state index contributed by atoms with van der Waals surface area (Å²) in [5.41, 5.74) is -1.67. The van der Waals surface area contributed by atoms with E-state index in [1.807, 2.05) is 0 Å². The average molecular weight is 423 g/mol. The fraction of sp³-hybridized carbons (Fsp3) is 0.556. The molecule has 1 saturated carbocycles. The Labute approximate surface area is 162 Å². The van der Waals surface area contributed by atoms with Crippen molar-refractivity contribution >= 4 is 11.9 Å². The molecule has 1 aromatic carbocycles. The Morgan fingerprint density at radius 3 is 2.41 bits per heavy atom. The summed E-state index contributed by atoms with van der Waals surface area (Å²) in [5.74, 6) is -1.93. The summed E-state index contributed by atoms with van der Waals surface area (Å²) < 4.78 is 79.6. The van der Waals surface area contributed by atoms with Crippen LogP contribution in [0.1, 0.15) is 36.8 Å². The van der Waals surface area contributed by atoms with Crippen LogP contribution in [0.5, 0.6) is 0 Å². The van der Waals surface area contributed by atoms with Crippen molar-refractivity contribution in [2.75, 3.05) is 0 Å². The first-order valence-corrected chi connectivity index (χ1v) is 9.07. The lowest BCUT2D eigenvalue weighted by Gasteiger charge is -2.39. The van der Waals surface area contributed by atoms with Crippen LogP contribution in [0.4, 0.5) is 31.1 Å². The molecule has 3 amide bonds. The van der Waals surface area contributed by atoms with E-state index >= 15 is 0 Å². The summed E-state index contributed by atoms with van der Waals surface area (Å²) in [7, 11) is 0. The molecular formula is C18H19F6N3O2. The number of benzene rings is 1. The third kappa shape index (κ3) is 5.13. The van der Waals surface area contributed by atoms with Crippen LogP contribution in [-0.4, -0.2) is 41.4 Å². The predicted octanol–water partition coefficient (Wildman–Crippen LogP) is 3.43. The molecule has 11 heteroatoms. The van der Waals surface area contributed by atoms with Crippen LogP contribution in [0.15, 0.2) is 18.2 Å². The van der Waals surface area contributed by atoms with Crippen LogP contribution in [-0.2, 0) is 17.5 Å². The van der Waals surface area contributed by atoms with Gasteiger partial charge in [0.1, 0.15) is 11.9 Å². The first kappa shape index (κ1) is 21.3. The summed E-state index contributed by atoms with van der Waals surface area (Å²) in [5, 5.41) is 5.01. The maximum Gasteiger partial charge on any atom is 0.416 e. The molecule has 5 nitrogen and oxygen atoms in total. The number of nitrogens with one attached hydrogen (secondary N) is 2. The van der Waals surface area contributed by atoms with Gasteiger partial charge in [-0.05, 0) is 43.9 Å². The Bertz CT molecular complexity index is 781. The fourth-order valence-electron chi connectivity index (χ4n) is 3.24. The lowest BCUT2D eigenvalue weighted by Crippen LogP contribution is -2.58. The van der Waals surface area contributed by atoms with Crippen molar-refractivity contribution in [1.29, 1.82) is 0 Å². The highest BCUT2D eigenvalue weighted by Crippen LogP contribution is 2.32. The number of piperidine rings is 1. The number of nitrogens with zero attached hydrogens (tertiary/aromatic N) is 1. The Morgan fingerprint density at radius 1 is 1.14 bits per heavy atom. The predicted molar refractivity (Wildman–Crippen MR) is 89.5 cm³/mol. The molecule has 160 valence electrons. The van der Waals surface area contributed by atoms with Crippen LogP contribution >= 0.6 is 0 Å². The lowest BCUT2D eigenvalue weighted by atomic mass is 9.96. The number of rotatable bonds is 5. The van der Waals surface area contributed by atoms with E-state index in [2.05, 4.69) is 10.6 Å². The molecule has 1 heterocycles. The number of alkyl halides is 5. The van der Waals surface area contributed by atoms with Crippen LogP contribution in [0, 0.1) is 5.82 Å². The molecular weight excluding hydrogens is 404 g/mol. The van der Waals surface area contributed by atoms with Crippen LogP contribution in [0.25, 0.3) is 0 Å². The van der Waals surface area contributed by atoms with Gasteiger partial charge in [0.25, 0.3) is 6.43 Å². The van der Waals surface area contributed by atoms with Gasteiger partial charge in [-0.3, -0.25) is 4.79 Å². The van der Waals surface area contributed by atoms with Crippen LogP contribution in [0.3, 0.4) is 0 Å². The second-order valence-electron chi connectivity index (χ2n) is 7.19. The fourth-order valence-corrected chi connectivity index (χ4v) is 3.24. The minimum Gasteiger partial charge on any atom is -0.335 e. The monoisotopic (exact) mass is 423 g/mol. The first-order chi connectivity index (χ1) is 13.6. The van der Waals surface area contributed by atoms with Crippen LogP contribution < -0.4 is 10.6 Å². The van der Waals surface area contributed by atoms with Gasteiger partial charge < -0.3 is 15.5 Å². The van der Waals surface area contributed by atoms with Gasteiger partial charge in [0.15, 0.2) is 0 Å². The third-order valence-corrected chi connectivity index (χ3v) is 4.96.